The van der Waals surface area contributed by atoms with Crippen LogP contribution < -0.4 is 0 Å². The van der Waals surface area contributed by atoms with E-state index in [9.17, 15) is 9.18 Å². The van der Waals surface area contributed by atoms with E-state index < -0.39 is 11.8 Å². The minimum absolute atomic E-state index is 0.141. The van der Waals surface area contributed by atoms with Crippen LogP contribution in [0.3, 0.4) is 0 Å². The van der Waals surface area contributed by atoms with Gasteiger partial charge in [-0.1, -0.05) is 0 Å². The van der Waals surface area contributed by atoms with Gasteiger partial charge in [-0.15, -0.1) is 0 Å². The van der Waals surface area contributed by atoms with E-state index in [0.29, 0.717) is 0 Å². The van der Waals surface area contributed by atoms with Crippen LogP contribution in [0, 0.1) is 5.82 Å². The van der Waals surface area contributed by atoms with Gasteiger partial charge in [-0.05, 0) is 24.3 Å². The first-order chi connectivity index (χ1) is 6.09. The number of rotatable bonds is 2. The Labute approximate surface area is 73.8 Å². The second-order valence-corrected chi connectivity index (χ2v) is 2.37. The molecule has 2 N–H and O–H groups in total. The topological polar surface area (TPSA) is 57.5 Å². The first kappa shape index (κ1) is 9.25. The van der Waals surface area contributed by atoms with E-state index in [1.807, 2.05) is 0 Å². The maximum Gasteiger partial charge on any atom is 0.328 e. The molecule has 1 rings (SSSR count). The van der Waals surface area contributed by atoms with E-state index in [2.05, 4.69) is 0 Å². The molecule has 0 heterocycles. The summed E-state index contributed by atoms with van der Waals surface area (Å²) < 4.78 is 12.6. The first-order valence-electron chi connectivity index (χ1n) is 3.49. The third-order valence-electron chi connectivity index (χ3n) is 1.40. The summed E-state index contributed by atoms with van der Waals surface area (Å²) in [5.74, 6) is -1.83. The number of carboxylic acids is 1. The van der Waals surface area contributed by atoms with Gasteiger partial charge in [0.05, 0.1) is 0 Å². The van der Waals surface area contributed by atoms with Gasteiger partial charge in [-0.25, -0.2) is 9.18 Å². The molecule has 68 valence electrons. The van der Waals surface area contributed by atoms with Gasteiger partial charge in [0.1, 0.15) is 11.6 Å². The van der Waals surface area contributed by atoms with E-state index in [1.165, 1.54) is 0 Å². The normalized spacial score (nSPS) is 10.5. The average molecular weight is 182 g/mol. The van der Waals surface area contributed by atoms with Crippen molar-refractivity contribution >= 4 is 12.0 Å². The van der Waals surface area contributed by atoms with Crippen molar-refractivity contribution in [1.29, 1.82) is 0 Å². The molecule has 1 aromatic rings. The van der Waals surface area contributed by atoms with Crippen LogP contribution in [0.2, 0.25) is 0 Å². The molecule has 0 atom stereocenters. The zero-order chi connectivity index (χ0) is 9.84. The molecule has 0 bridgehead atoms. The zero-order valence-electron chi connectivity index (χ0n) is 6.57. The molecular formula is C9H7FO3. The van der Waals surface area contributed by atoms with Crippen LogP contribution in [0.25, 0.3) is 6.08 Å². The highest BCUT2D eigenvalue weighted by atomic mass is 19.1. The van der Waals surface area contributed by atoms with Crippen LogP contribution in [0.1, 0.15) is 5.56 Å². The highest BCUT2D eigenvalue weighted by Gasteiger charge is 1.99. The summed E-state index contributed by atoms with van der Waals surface area (Å²) >= 11 is 0. The van der Waals surface area contributed by atoms with E-state index in [4.69, 9.17) is 10.2 Å². The molecule has 4 heteroatoms. The fourth-order valence-electron chi connectivity index (χ4n) is 0.820. The molecule has 0 amide bonds. The molecule has 3 nitrogen and oxygen atoms in total. The second-order valence-electron chi connectivity index (χ2n) is 2.37. The minimum atomic E-state index is -1.15. The van der Waals surface area contributed by atoms with Gasteiger partial charge in [0.2, 0.25) is 0 Å². The number of hydrogen-bond acceptors (Lipinski definition) is 2. The fourth-order valence-corrected chi connectivity index (χ4v) is 0.820. The standard InChI is InChI=1S/C9H7FO3/c10-7-2-3-8(11)6(5-7)1-4-9(12)13/h1-5,11H,(H,12,13). The number of phenolic OH excluding ortho intramolecular Hbond substituents is 1. The fraction of sp³-hybridized carbons (Fsp3) is 0. The van der Waals surface area contributed by atoms with Crippen molar-refractivity contribution in [3.8, 4) is 5.75 Å². The first-order valence-corrected chi connectivity index (χ1v) is 3.49. The van der Waals surface area contributed by atoms with Crippen molar-refractivity contribution in [2.75, 3.05) is 0 Å². The zero-order valence-corrected chi connectivity index (χ0v) is 6.57. The van der Waals surface area contributed by atoms with Crippen LogP contribution in [-0.2, 0) is 4.79 Å². The van der Waals surface area contributed by atoms with Gasteiger partial charge in [-0.2, -0.15) is 0 Å². The Kier molecular flexibility index (Phi) is 2.64. The van der Waals surface area contributed by atoms with E-state index in [1.54, 1.807) is 0 Å². The number of aliphatic carboxylic acids is 1. The van der Waals surface area contributed by atoms with Crippen LogP contribution in [0.5, 0.6) is 5.75 Å². The Bertz CT molecular complexity index is 358. The summed E-state index contributed by atoms with van der Waals surface area (Å²) in [6, 6.07) is 3.30. The predicted molar refractivity (Wildman–Crippen MR) is 44.7 cm³/mol. The Hall–Kier alpha value is -1.84. The third-order valence-corrected chi connectivity index (χ3v) is 1.40. The Morgan fingerprint density at radius 2 is 2.15 bits per heavy atom. The monoisotopic (exact) mass is 182 g/mol. The molecule has 0 unspecified atom stereocenters. The SMILES string of the molecule is O=C(O)C=Cc1cc(F)ccc1O. The van der Waals surface area contributed by atoms with Crippen LogP contribution >= 0.6 is 0 Å². The number of hydrogen-bond donors (Lipinski definition) is 2. The summed E-state index contributed by atoms with van der Waals surface area (Å²) in [4.78, 5) is 10.1. The highest BCUT2D eigenvalue weighted by Crippen LogP contribution is 2.18. The molecule has 0 fully saturated rings. The average Bonchev–Trinajstić information content (AvgIpc) is 2.06. The largest absolute Gasteiger partial charge is 0.507 e. The van der Waals surface area contributed by atoms with Crippen molar-refractivity contribution in [2.45, 2.75) is 0 Å². The van der Waals surface area contributed by atoms with E-state index in [0.717, 1.165) is 30.4 Å². The van der Waals surface area contributed by atoms with Crippen molar-refractivity contribution in [3.05, 3.63) is 35.7 Å². The summed E-state index contributed by atoms with van der Waals surface area (Å²) in [5, 5.41) is 17.4. The van der Waals surface area contributed by atoms with E-state index in [-0.39, 0.29) is 11.3 Å². The Morgan fingerprint density at radius 3 is 2.77 bits per heavy atom. The number of halogens is 1. The molecule has 0 saturated carbocycles. The van der Waals surface area contributed by atoms with Gasteiger partial charge in [0, 0.05) is 11.6 Å². The van der Waals surface area contributed by atoms with Crippen molar-refractivity contribution in [3.63, 3.8) is 0 Å². The Morgan fingerprint density at radius 1 is 1.46 bits per heavy atom. The summed E-state index contributed by atoms with van der Waals surface area (Å²) in [6.07, 6.45) is 1.95. The molecule has 1 aromatic carbocycles. The molecular weight excluding hydrogens is 175 g/mol. The molecule has 0 radical (unpaired) electrons. The quantitative estimate of drug-likeness (QED) is 0.683. The molecule has 0 aliphatic carbocycles. The molecule has 0 aliphatic rings. The predicted octanol–water partition coefficient (Wildman–Crippen LogP) is 1.63. The van der Waals surface area contributed by atoms with Gasteiger partial charge in [-0.3, -0.25) is 0 Å². The molecule has 13 heavy (non-hydrogen) atoms. The van der Waals surface area contributed by atoms with Gasteiger partial charge < -0.3 is 10.2 Å². The maximum absolute atomic E-state index is 12.6. The highest BCUT2D eigenvalue weighted by molar-refractivity contribution is 5.85. The van der Waals surface area contributed by atoms with E-state index >= 15 is 0 Å². The number of benzene rings is 1. The van der Waals surface area contributed by atoms with Crippen LogP contribution in [-0.4, -0.2) is 16.2 Å². The lowest BCUT2D eigenvalue weighted by Crippen LogP contribution is -1.86. The number of carboxylic acid groups (broad SMARTS) is 1. The van der Waals surface area contributed by atoms with Crippen molar-refractivity contribution in [1.82, 2.24) is 0 Å². The van der Waals surface area contributed by atoms with Crippen molar-refractivity contribution < 1.29 is 19.4 Å². The number of phenols is 1. The van der Waals surface area contributed by atoms with Crippen molar-refractivity contribution in [2.24, 2.45) is 0 Å². The third kappa shape index (κ3) is 2.59. The molecule has 0 spiro atoms. The van der Waals surface area contributed by atoms with Crippen LogP contribution in [0.4, 0.5) is 4.39 Å². The second kappa shape index (κ2) is 3.71. The summed E-state index contributed by atoms with van der Waals surface area (Å²) in [7, 11) is 0. The smallest absolute Gasteiger partial charge is 0.328 e. The Balaban J connectivity index is 3.00. The molecule has 0 saturated heterocycles. The maximum atomic E-state index is 12.6. The number of carbonyl (C=O) groups is 1. The van der Waals surface area contributed by atoms with Gasteiger partial charge in [0.15, 0.2) is 0 Å². The number of aromatic hydroxyl groups is 1. The lowest BCUT2D eigenvalue weighted by molar-refractivity contribution is -0.131. The van der Waals surface area contributed by atoms with Crippen LogP contribution in [0.15, 0.2) is 24.3 Å². The lowest BCUT2D eigenvalue weighted by atomic mass is 10.2. The molecule has 0 aliphatic heterocycles. The minimum Gasteiger partial charge on any atom is -0.507 e. The van der Waals surface area contributed by atoms with Gasteiger partial charge >= 0.3 is 5.97 Å². The van der Waals surface area contributed by atoms with Gasteiger partial charge in [0.25, 0.3) is 0 Å². The molecule has 0 aromatic heterocycles. The lowest BCUT2D eigenvalue weighted by Gasteiger charge is -1.97. The summed E-state index contributed by atoms with van der Waals surface area (Å²) in [5.41, 5.74) is 0.141. The summed E-state index contributed by atoms with van der Waals surface area (Å²) in [6.45, 7) is 0.